The first-order chi connectivity index (χ1) is 17.8. The Morgan fingerprint density at radius 3 is 2.00 bits per heavy atom. The van der Waals surface area contributed by atoms with Crippen LogP contribution < -0.4 is 4.18 Å². The van der Waals surface area contributed by atoms with Gasteiger partial charge in [0.15, 0.2) is 5.82 Å². The lowest BCUT2D eigenvalue weighted by Crippen LogP contribution is -2.12. The van der Waals surface area contributed by atoms with E-state index in [1.165, 1.54) is 5.56 Å². The summed E-state index contributed by atoms with van der Waals surface area (Å²) in [5.74, 6) is 1.59. The number of hydrogen-bond donors (Lipinski definition) is 0. The molecule has 0 saturated heterocycles. The van der Waals surface area contributed by atoms with Gasteiger partial charge in [-0.3, -0.25) is 4.98 Å². The van der Waals surface area contributed by atoms with Crippen molar-refractivity contribution in [3.05, 3.63) is 62.7 Å². The Balaban J connectivity index is 1.93. The first kappa shape index (κ1) is 28.8. The fraction of sp³-hybridized carbons (Fsp3) is 0.433. The summed E-state index contributed by atoms with van der Waals surface area (Å²) in [4.78, 5) is 15.7. The highest BCUT2D eigenvalue weighted by Crippen LogP contribution is 2.45. The fourth-order valence-electron chi connectivity index (χ4n) is 4.29. The zero-order chi connectivity index (χ0) is 27.9. The molecule has 0 spiro atoms. The van der Waals surface area contributed by atoms with Gasteiger partial charge >= 0.3 is 0 Å². The van der Waals surface area contributed by atoms with E-state index >= 15 is 0 Å². The van der Waals surface area contributed by atoms with Crippen molar-refractivity contribution in [2.45, 2.75) is 90.4 Å². The lowest BCUT2D eigenvalue weighted by atomic mass is 9.89. The van der Waals surface area contributed by atoms with Gasteiger partial charge in [0.2, 0.25) is 11.1 Å². The maximum atomic E-state index is 14.1. The maximum absolute atomic E-state index is 14.1. The third kappa shape index (κ3) is 5.73. The Hall–Kier alpha value is -2.16. The van der Waals surface area contributed by atoms with Crippen LogP contribution in [0.1, 0.15) is 102 Å². The second-order valence-electron chi connectivity index (χ2n) is 11.6. The van der Waals surface area contributed by atoms with Gasteiger partial charge in [-0.15, -0.1) is 11.3 Å². The van der Waals surface area contributed by atoms with Crippen LogP contribution in [0, 0.1) is 0 Å². The molecule has 0 N–H and O–H groups in total. The summed E-state index contributed by atoms with van der Waals surface area (Å²) in [7, 11) is 0. The highest BCUT2D eigenvalue weighted by atomic mass is 79.9. The van der Waals surface area contributed by atoms with Crippen LogP contribution in [-0.4, -0.2) is 19.2 Å². The van der Waals surface area contributed by atoms with Crippen LogP contribution in [0.25, 0.3) is 21.6 Å². The van der Waals surface area contributed by atoms with Gasteiger partial charge in [-0.2, -0.15) is 4.98 Å². The highest BCUT2D eigenvalue weighted by Gasteiger charge is 2.28. The van der Waals surface area contributed by atoms with Crippen molar-refractivity contribution in [1.82, 2.24) is 15.0 Å². The van der Waals surface area contributed by atoms with Crippen LogP contribution in [0.3, 0.4) is 0 Å². The van der Waals surface area contributed by atoms with E-state index in [0.717, 1.165) is 41.2 Å². The standard InChI is InChI=1S/C30H36BrN3O2S2/c1-16(2)20-14-21(17(3)4)26(22(15-20)18(5)6)38(35)36-29-25-24(23(31)27(37-25)30(7,8)9)33-28(34-29)19-10-12-32-13-11-19/h10-18H,1-9H3. The molecule has 0 bridgehead atoms. The highest BCUT2D eigenvalue weighted by molar-refractivity contribution is 9.10. The molecule has 0 radical (unpaired) electrons. The number of thiophene rings is 1. The Bertz CT molecular complexity index is 1460. The van der Waals surface area contributed by atoms with Gasteiger partial charge in [0.1, 0.15) is 10.2 Å². The molecule has 1 unspecified atom stereocenters. The number of fused-ring (bicyclic) bond motifs is 1. The average molecular weight is 615 g/mol. The SMILES string of the molecule is CC(C)c1cc(C(C)C)c(S(=O)Oc2nc(-c3ccncc3)nc3c(Br)c(C(C)(C)C)sc23)c(C(C)C)c1. The van der Waals surface area contributed by atoms with Crippen molar-refractivity contribution in [2.75, 3.05) is 0 Å². The largest absolute Gasteiger partial charge is 0.374 e. The van der Waals surface area contributed by atoms with Crippen molar-refractivity contribution in [3.8, 4) is 17.3 Å². The van der Waals surface area contributed by atoms with Gasteiger partial charge < -0.3 is 4.18 Å². The van der Waals surface area contributed by atoms with Gasteiger partial charge in [-0.25, -0.2) is 9.19 Å². The van der Waals surface area contributed by atoms with E-state index in [9.17, 15) is 4.21 Å². The normalized spacial score (nSPS) is 13.2. The van der Waals surface area contributed by atoms with E-state index in [4.69, 9.17) is 14.2 Å². The van der Waals surface area contributed by atoms with E-state index in [1.54, 1.807) is 23.7 Å². The lowest BCUT2D eigenvalue weighted by molar-refractivity contribution is 0.547. The topological polar surface area (TPSA) is 65.0 Å². The summed E-state index contributed by atoms with van der Waals surface area (Å²) in [6, 6.07) is 8.11. The van der Waals surface area contributed by atoms with E-state index in [-0.39, 0.29) is 17.3 Å². The van der Waals surface area contributed by atoms with Gasteiger partial charge in [0.25, 0.3) is 5.88 Å². The van der Waals surface area contributed by atoms with Crippen molar-refractivity contribution < 1.29 is 8.39 Å². The number of rotatable bonds is 7. The van der Waals surface area contributed by atoms with Crippen LogP contribution in [0.5, 0.6) is 5.88 Å². The number of hydrogen-bond acceptors (Lipinski definition) is 6. The van der Waals surface area contributed by atoms with E-state index in [0.29, 0.717) is 17.6 Å². The summed E-state index contributed by atoms with van der Waals surface area (Å²) in [5, 5.41) is 0. The summed E-state index contributed by atoms with van der Waals surface area (Å²) in [6.45, 7) is 19.4. The Kier molecular flexibility index (Phi) is 8.46. The molecule has 4 rings (SSSR count). The third-order valence-electron chi connectivity index (χ3n) is 6.47. The Morgan fingerprint density at radius 2 is 1.50 bits per heavy atom. The minimum atomic E-state index is -1.77. The second kappa shape index (κ2) is 11.1. The molecule has 38 heavy (non-hydrogen) atoms. The van der Waals surface area contributed by atoms with Gasteiger partial charge in [-0.1, -0.05) is 74.4 Å². The molecule has 0 fully saturated rings. The molecule has 4 aromatic rings. The fourth-order valence-corrected chi connectivity index (χ4v) is 8.03. The number of aromatic nitrogens is 3. The summed E-state index contributed by atoms with van der Waals surface area (Å²) < 4.78 is 22.2. The Labute approximate surface area is 241 Å². The molecule has 1 aromatic carbocycles. The predicted molar refractivity (Wildman–Crippen MR) is 163 cm³/mol. The zero-order valence-electron chi connectivity index (χ0n) is 23.5. The molecule has 202 valence electrons. The first-order valence-electron chi connectivity index (χ1n) is 13.0. The molecular formula is C30H36BrN3O2S2. The zero-order valence-corrected chi connectivity index (χ0v) is 26.8. The Morgan fingerprint density at radius 1 is 0.921 bits per heavy atom. The van der Waals surface area contributed by atoms with Gasteiger partial charge in [-0.05, 0) is 67.9 Å². The lowest BCUT2D eigenvalue weighted by Gasteiger charge is -2.22. The minimum absolute atomic E-state index is 0.111. The van der Waals surface area contributed by atoms with Crippen LogP contribution in [0.4, 0.5) is 0 Å². The number of nitrogens with zero attached hydrogens (tertiary/aromatic N) is 3. The maximum Gasteiger partial charge on any atom is 0.252 e. The molecule has 0 aliphatic carbocycles. The molecule has 8 heteroatoms. The summed E-state index contributed by atoms with van der Waals surface area (Å²) in [5.41, 5.74) is 4.83. The number of pyridine rings is 1. The van der Waals surface area contributed by atoms with Crippen LogP contribution >= 0.6 is 27.3 Å². The van der Waals surface area contributed by atoms with Crippen molar-refractivity contribution >= 4 is 48.6 Å². The van der Waals surface area contributed by atoms with Crippen LogP contribution in [-0.2, 0) is 16.5 Å². The first-order valence-corrected chi connectivity index (χ1v) is 15.7. The minimum Gasteiger partial charge on any atom is -0.374 e. The van der Waals surface area contributed by atoms with Crippen LogP contribution in [0.15, 0.2) is 46.0 Å². The quantitative estimate of drug-likeness (QED) is 0.208. The molecule has 5 nitrogen and oxygen atoms in total. The van der Waals surface area contributed by atoms with E-state index in [2.05, 4.69) is 95.4 Å². The molecular weight excluding hydrogens is 578 g/mol. The average Bonchev–Trinajstić information content (AvgIpc) is 3.20. The van der Waals surface area contributed by atoms with E-state index < -0.39 is 11.1 Å². The van der Waals surface area contributed by atoms with Gasteiger partial charge in [0, 0.05) is 22.8 Å². The van der Waals surface area contributed by atoms with Crippen molar-refractivity contribution in [3.63, 3.8) is 0 Å². The monoisotopic (exact) mass is 613 g/mol. The molecule has 3 heterocycles. The van der Waals surface area contributed by atoms with Gasteiger partial charge in [0.05, 0.1) is 9.37 Å². The van der Waals surface area contributed by atoms with Crippen molar-refractivity contribution in [2.24, 2.45) is 0 Å². The van der Waals surface area contributed by atoms with Crippen molar-refractivity contribution in [1.29, 1.82) is 0 Å². The molecule has 3 aromatic heterocycles. The molecule has 0 amide bonds. The molecule has 0 aliphatic rings. The molecule has 1 atom stereocenters. The predicted octanol–water partition coefficient (Wildman–Crippen LogP) is 9.29. The molecule has 0 saturated carbocycles. The third-order valence-corrected chi connectivity index (χ3v) is 10.2. The summed E-state index contributed by atoms with van der Waals surface area (Å²) >= 11 is 3.61. The number of halogens is 1. The molecule has 0 aliphatic heterocycles. The number of benzene rings is 1. The smallest absolute Gasteiger partial charge is 0.252 e. The van der Waals surface area contributed by atoms with E-state index in [1.807, 2.05) is 12.1 Å². The second-order valence-corrected chi connectivity index (χ2v) is 14.4. The van der Waals surface area contributed by atoms with Crippen LogP contribution in [0.2, 0.25) is 0 Å². The summed E-state index contributed by atoms with van der Waals surface area (Å²) in [6.07, 6.45) is 3.43.